The molecule has 0 saturated carbocycles. The van der Waals surface area contributed by atoms with Crippen molar-refractivity contribution in [3.8, 4) is 0 Å². The largest absolute Gasteiger partial charge is 0.460 e. The molecular weight excluding hydrogens is 1590 g/mol. The van der Waals surface area contributed by atoms with Crippen LogP contribution in [0.2, 0.25) is 0 Å². The van der Waals surface area contributed by atoms with E-state index in [0.717, 1.165) is 136 Å². The molecule has 0 radical (unpaired) electrons. The first kappa shape index (κ1) is 96.5. The molecule has 2 aliphatic rings. The van der Waals surface area contributed by atoms with Crippen LogP contribution < -0.4 is 0 Å². The lowest BCUT2D eigenvalue weighted by atomic mass is 9.91. The van der Waals surface area contributed by atoms with E-state index in [1.54, 1.807) is 0 Å². The highest BCUT2D eigenvalue weighted by Gasteiger charge is 2.69. The third-order valence-corrected chi connectivity index (χ3v) is 21.3. The van der Waals surface area contributed by atoms with E-state index in [2.05, 4.69) is 0 Å². The molecule has 652 valence electrons. The number of ether oxygens (including phenoxy) is 12. The normalized spacial score (nSPS) is 19.4. The SMILES string of the molecule is CCCCCCCCCCCC[C@H](OC(=O)[C@@](OC)(c1ccccc1)C(F)(F)F)[C@H](CC[C@H](OC(=O)[C@@](OC)(c1ccccc1)C(F)(F)F)[C@@H]1CC[C@@H](C[C@@H](CCCCC[C@H](CC2=C[C@H](C)OC2=O)OC(=O)[C@@](OC)(c2ccccc2)C(F)(F)F)OC(=O)[C@@](OC)(c2ccccc2)C(F)(F)F)O1)OC(=O)[C@@](OC)(c1ccccc1)C(F)(F)F. The van der Waals surface area contributed by atoms with Crippen LogP contribution in [-0.4, -0.2) is 151 Å². The molecule has 0 aliphatic carbocycles. The summed E-state index contributed by atoms with van der Waals surface area (Å²) in [7, 11) is 2.75. The quantitative estimate of drug-likeness (QED) is 0.0153. The van der Waals surface area contributed by atoms with Crippen LogP contribution in [-0.2, 0) is 114 Å². The van der Waals surface area contributed by atoms with E-state index < -0.39 is 216 Å². The van der Waals surface area contributed by atoms with Crippen molar-refractivity contribution >= 4 is 35.8 Å². The Morgan fingerprint density at radius 2 is 0.669 bits per heavy atom. The van der Waals surface area contributed by atoms with E-state index in [0.29, 0.717) is 48.4 Å². The van der Waals surface area contributed by atoms with Gasteiger partial charge in [0.2, 0.25) is 0 Å². The van der Waals surface area contributed by atoms with Crippen LogP contribution in [0.25, 0.3) is 0 Å². The van der Waals surface area contributed by atoms with Crippen molar-refractivity contribution in [3.63, 3.8) is 0 Å². The Labute approximate surface area is 674 Å². The zero-order valence-electron chi connectivity index (χ0n) is 66.2. The van der Waals surface area contributed by atoms with Crippen LogP contribution in [0, 0.1) is 0 Å². The van der Waals surface area contributed by atoms with Crippen molar-refractivity contribution in [2.75, 3.05) is 35.5 Å². The number of halogens is 15. The lowest BCUT2D eigenvalue weighted by Gasteiger charge is -2.38. The molecule has 18 nitrogen and oxygen atoms in total. The van der Waals surface area contributed by atoms with Crippen molar-refractivity contribution in [3.05, 3.63) is 191 Å². The van der Waals surface area contributed by atoms with Crippen molar-refractivity contribution in [2.24, 2.45) is 0 Å². The standard InChI is InChI=1S/C85H99F15O18/c1-8-9-10-11-12-13-14-15-16-35-48-66(116-73(104)78(109-5,83(92,93)94)60-40-27-19-28-41-60)68(117-74(105)79(110-6,84(95,96)97)61-42-29-20-30-43-61)51-52-69(118-75(106)80(111-7,85(98,99)100)62-44-31-21-32-45-62)67-50-49-65(113-67)55-64(115-72(103)77(108-4,82(89,90)91)59-38-25-18-26-39-59)47-34-22-33-46-63(54-57-53-56(2)112-70(57)101)114-71(102)76(107-3,81(86,87)88)58-36-23-17-24-37-58/h17-21,23-32,36-45,53,56,63-69H,8-16,22,33-35,46-52,54-55H2,1-7H3/t56-,63+,64+,65-,66-,67-,68-,69-,76-,77-,78-,79-,80-/m0/s1. The van der Waals surface area contributed by atoms with Gasteiger partial charge >= 0.3 is 66.7 Å². The molecule has 0 aromatic heterocycles. The van der Waals surface area contributed by atoms with Gasteiger partial charge in [0, 0.05) is 81.8 Å². The number of benzene rings is 5. The van der Waals surface area contributed by atoms with Crippen molar-refractivity contribution in [1.82, 2.24) is 0 Å². The molecule has 1 saturated heterocycles. The molecule has 5 aromatic carbocycles. The number of rotatable bonds is 46. The Kier molecular flexibility index (Phi) is 34.8. The number of hydrogen-bond acceptors (Lipinski definition) is 18. The Morgan fingerprint density at radius 1 is 0.373 bits per heavy atom. The van der Waals surface area contributed by atoms with Crippen LogP contribution in [0.3, 0.4) is 0 Å². The second-order valence-electron chi connectivity index (χ2n) is 28.9. The minimum atomic E-state index is -5.76. The Hall–Kier alpha value is -8.63. The maximum atomic E-state index is 16.0. The predicted molar refractivity (Wildman–Crippen MR) is 395 cm³/mol. The van der Waals surface area contributed by atoms with Crippen LogP contribution in [0.15, 0.2) is 163 Å². The highest BCUT2D eigenvalue weighted by Crippen LogP contribution is 2.50. The zero-order chi connectivity index (χ0) is 87.0. The summed E-state index contributed by atoms with van der Waals surface area (Å²) in [5.74, 6) is -11.6. The average Bonchev–Trinajstić information content (AvgIpc) is 0.910. The van der Waals surface area contributed by atoms with Gasteiger partial charge in [-0.2, -0.15) is 65.9 Å². The van der Waals surface area contributed by atoms with E-state index in [1.807, 2.05) is 6.92 Å². The first-order valence-electron chi connectivity index (χ1n) is 38.8. The number of unbranched alkanes of at least 4 members (excludes halogenated alkanes) is 11. The second-order valence-corrected chi connectivity index (χ2v) is 28.9. The van der Waals surface area contributed by atoms with Gasteiger partial charge in [-0.1, -0.05) is 223 Å². The van der Waals surface area contributed by atoms with Gasteiger partial charge < -0.3 is 56.8 Å². The first-order chi connectivity index (χ1) is 55.8. The van der Waals surface area contributed by atoms with Crippen LogP contribution in [0.1, 0.15) is 183 Å². The monoisotopic (exact) mass is 1690 g/mol. The summed E-state index contributed by atoms with van der Waals surface area (Å²) in [6.07, 6.45) is -39.7. The number of methoxy groups -OCH3 is 5. The number of hydrogen-bond donors (Lipinski definition) is 0. The maximum absolute atomic E-state index is 16.0. The van der Waals surface area contributed by atoms with Gasteiger partial charge in [0.05, 0.1) is 12.2 Å². The molecule has 2 heterocycles. The van der Waals surface area contributed by atoms with Gasteiger partial charge in [0.15, 0.2) is 0 Å². The summed E-state index contributed by atoms with van der Waals surface area (Å²) >= 11 is 0. The van der Waals surface area contributed by atoms with E-state index in [4.69, 9.17) is 56.8 Å². The fraction of sp³-hybridized carbons (Fsp3) is 0.553. The van der Waals surface area contributed by atoms with E-state index in [9.17, 15) is 24.0 Å². The van der Waals surface area contributed by atoms with Crippen LogP contribution in [0.5, 0.6) is 0 Å². The number of cyclic esters (lactones) is 1. The van der Waals surface area contributed by atoms with Crippen molar-refractivity contribution < 1.29 is 151 Å². The fourth-order valence-corrected chi connectivity index (χ4v) is 15.0. The molecule has 5 aromatic rings. The van der Waals surface area contributed by atoms with Crippen LogP contribution >= 0.6 is 0 Å². The smallest absolute Gasteiger partial charge is 0.432 e. The molecule has 7 rings (SSSR count). The zero-order valence-corrected chi connectivity index (χ0v) is 66.2. The molecule has 1 fully saturated rings. The third-order valence-electron chi connectivity index (χ3n) is 21.3. The first-order valence-corrected chi connectivity index (χ1v) is 38.8. The van der Waals surface area contributed by atoms with Crippen molar-refractivity contribution in [2.45, 2.75) is 263 Å². The number of carbonyl (C=O) groups is 6. The summed E-state index contributed by atoms with van der Waals surface area (Å²) in [6.45, 7) is 3.53. The highest BCUT2D eigenvalue weighted by atomic mass is 19.4. The molecule has 13 atom stereocenters. The van der Waals surface area contributed by atoms with E-state index >= 15 is 70.7 Å². The van der Waals surface area contributed by atoms with Gasteiger partial charge in [-0.15, -0.1) is 0 Å². The summed E-state index contributed by atoms with van der Waals surface area (Å²) in [4.78, 5) is 86.4. The molecular formula is C85H99F15O18. The van der Waals surface area contributed by atoms with E-state index in [1.165, 1.54) is 67.6 Å². The number of esters is 6. The van der Waals surface area contributed by atoms with E-state index in [-0.39, 0.29) is 50.5 Å². The molecule has 0 amide bonds. The summed E-state index contributed by atoms with van der Waals surface area (Å²) < 4.78 is 302. The molecule has 118 heavy (non-hydrogen) atoms. The minimum absolute atomic E-state index is 0.0488. The molecule has 0 N–H and O–H groups in total. The lowest BCUT2D eigenvalue weighted by Crippen LogP contribution is -2.55. The summed E-state index contributed by atoms with van der Waals surface area (Å²) in [6, 6.07) is 27.0. The summed E-state index contributed by atoms with van der Waals surface area (Å²) in [5, 5.41) is 0. The second kappa shape index (κ2) is 42.5. The average molecular weight is 1690 g/mol. The highest BCUT2D eigenvalue weighted by molar-refractivity contribution is 5.91. The summed E-state index contributed by atoms with van der Waals surface area (Å²) in [5.41, 5.74) is -23.8. The number of alkyl halides is 15. The van der Waals surface area contributed by atoms with Gasteiger partial charge in [0.25, 0.3) is 28.0 Å². The third kappa shape index (κ3) is 22.3. The van der Waals surface area contributed by atoms with Crippen molar-refractivity contribution in [1.29, 1.82) is 0 Å². The predicted octanol–water partition coefficient (Wildman–Crippen LogP) is 19.3. The fourth-order valence-electron chi connectivity index (χ4n) is 15.0. The molecule has 0 spiro atoms. The molecule has 0 bridgehead atoms. The Morgan fingerprint density at radius 3 is 1.00 bits per heavy atom. The van der Waals surface area contributed by atoms with Gasteiger partial charge in [-0.05, 0) is 77.2 Å². The molecule has 0 unspecified atom stereocenters. The van der Waals surface area contributed by atoms with Gasteiger partial charge in [0.1, 0.15) is 36.6 Å². The maximum Gasteiger partial charge on any atom is 0.432 e. The molecule has 33 heteroatoms. The Balaban J connectivity index is 1.31. The topological polar surface area (TPSA) is 213 Å². The number of carbonyl (C=O) groups excluding carboxylic acids is 6. The van der Waals surface area contributed by atoms with Gasteiger partial charge in [-0.25, -0.2) is 28.8 Å². The Bertz CT molecular complexity index is 4000. The van der Waals surface area contributed by atoms with Crippen LogP contribution in [0.4, 0.5) is 65.9 Å². The molecule has 2 aliphatic heterocycles. The minimum Gasteiger partial charge on any atom is -0.460 e. The van der Waals surface area contributed by atoms with Gasteiger partial charge in [-0.3, -0.25) is 0 Å². The lowest BCUT2D eigenvalue weighted by molar-refractivity contribution is -0.286.